The number of nitrogens with one attached hydrogen (secondary N) is 2. The molecule has 1 amide bonds. The first-order chi connectivity index (χ1) is 14.0. The van der Waals surface area contributed by atoms with Crippen molar-refractivity contribution in [1.82, 2.24) is 10.6 Å². The van der Waals surface area contributed by atoms with Gasteiger partial charge in [-0.25, -0.2) is 0 Å². The zero-order chi connectivity index (χ0) is 21.6. The number of carbonyl (C=O) groups is 1. The predicted octanol–water partition coefficient (Wildman–Crippen LogP) is 5.86. The van der Waals surface area contributed by atoms with Crippen molar-refractivity contribution < 1.29 is 4.79 Å². The first-order valence-electron chi connectivity index (χ1n) is 11.0. The molecular formula is C26H40N2O. The third-order valence-electron chi connectivity index (χ3n) is 5.92. The van der Waals surface area contributed by atoms with E-state index in [1.54, 1.807) is 12.2 Å². The fourth-order valence-corrected chi connectivity index (χ4v) is 3.83. The average Bonchev–Trinajstić information content (AvgIpc) is 2.74. The van der Waals surface area contributed by atoms with Crippen molar-refractivity contribution in [3.63, 3.8) is 0 Å². The maximum absolute atomic E-state index is 13.0. The Morgan fingerprint density at radius 2 is 1.86 bits per heavy atom. The Balaban J connectivity index is 2.88. The lowest BCUT2D eigenvalue weighted by Crippen LogP contribution is -2.33. The van der Waals surface area contributed by atoms with Gasteiger partial charge in [0.1, 0.15) is 0 Å². The van der Waals surface area contributed by atoms with Crippen LogP contribution in [0, 0.1) is 17.8 Å². The first-order valence-corrected chi connectivity index (χ1v) is 11.0. The number of hydrogen-bond acceptors (Lipinski definition) is 2. The van der Waals surface area contributed by atoms with Gasteiger partial charge >= 0.3 is 0 Å². The Morgan fingerprint density at radius 1 is 1.17 bits per heavy atom. The van der Waals surface area contributed by atoms with Crippen LogP contribution < -0.4 is 10.6 Å². The van der Waals surface area contributed by atoms with Gasteiger partial charge in [0.05, 0.1) is 0 Å². The summed E-state index contributed by atoms with van der Waals surface area (Å²) >= 11 is 0. The maximum Gasteiger partial charge on any atom is 0.227 e. The van der Waals surface area contributed by atoms with E-state index in [0.29, 0.717) is 5.92 Å². The van der Waals surface area contributed by atoms with E-state index in [1.165, 1.54) is 11.1 Å². The summed E-state index contributed by atoms with van der Waals surface area (Å²) < 4.78 is 0. The second kappa shape index (κ2) is 13.9. The molecule has 160 valence electrons. The lowest BCUT2D eigenvalue weighted by Gasteiger charge is -2.26. The van der Waals surface area contributed by atoms with E-state index < -0.39 is 0 Å². The molecule has 3 heteroatoms. The lowest BCUT2D eigenvalue weighted by molar-refractivity contribution is -0.124. The van der Waals surface area contributed by atoms with Crippen LogP contribution in [0.15, 0.2) is 72.5 Å². The van der Waals surface area contributed by atoms with E-state index in [9.17, 15) is 4.79 Å². The van der Waals surface area contributed by atoms with Crippen LogP contribution in [-0.2, 0) is 4.79 Å². The third kappa shape index (κ3) is 8.41. The molecule has 2 atom stereocenters. The topological polar surface area (TPSA) is 41.1 Å². The Hall–Kier alpha value is -2.13. The van der Waals surface area contributed by atoms with Gasteiger partial charge in [0.15, 0.2) is 0 Å². The van der Waals surface area contributed by atoms with Crippen LogP contribution in [0.4, 0.5) is 0 Å². The van der Waals surface area contributed by atoms with Crippen LogP contribution in [0.1, 0.15) is 53.4 Å². The summed E-state index contributed by atoms with van der Waals surface area (Å²) in [6.07, 6.45) is 17.9. The standard InChI is InChI=1S/C26H40N2O/c1-7-11-12-14-22(9-3)20(5)21(6)26(29)28-25(13-8-2)19-23(10-4)24-15-17-27-18-16-24/h7-9,11-13,19-21,24,27H,1-2,10,14-18H2,3-6H3,(H,28,29)/b12-11?,22-9+,23-19+,25-13+. The van der Waals surface area contributed by atoms with Crippen molar-refractivity contribution in [3.8, 4) is 0 Å². The number of piperidine rings is 1. The normalized spacial score (nSPS) is 19.1. The fraction of sp³-hybridized carbons (Fsp3) is 0.500. The van der Waals surface area contributed by atoms with Gasteiger partial charge in [0.25, 0.3) is 0 Å². The minimum absolute atomic E-state index is 0.0506. The minimum Gasteiger partial charge on any atom is -0.326 e. The molecule has 0 aliphatic carbocycles. The Kier molecular flexibility index (Phi) is 12.0. The second-order valence-corrected chi connectivity index (χ2v) is 7.75. The van der Waals surface area contributed by atoms with Gasteiger partial charge in [-0.15, -0.1) is 0 Å². The summed E-state index contributed by atoms with van der Waals surface area (Å²) in [5.41, 5.74) is 3.51. The number of rotatable bonds is 11. The van der Waals surface area contributed by atoms with Crippen molar-refractivity contribution in [3.05, 3.63) is 72.5 Å². The molecule has 1 heterocycles. The summed E-state index contributed by atoms with van der Waals surface area (Å²) in [4.78, 5) is 13.0. The molecule has 0 aromatic heterocycles. The first kappa shape index (κ1) is 24.9. The second-order valence-electron chi connectivity index (χ2n) is 7.75. The summed E-state index contributed by atoms with van der Waals surface area (Å²) in [7, 11) is 0. The highest BCUT2D eigenvalue weighted by atomic mass is 16.1. The fourth-order valence-electron chi connectivity index (χ4n) is 3.83. The van der Waals surface area contributed by atoms with Gasteiger partial charge in [-0.05, 0) is 69.7 Å². The van der Waals surface area contributed by atoms with Gasteiger partial charge in [-0.3, -0.25) is 4.79 Å². The molecule has 29 heavy (non-hydrogen) atoms. The monoisotopic (exact) mass is 396 g/mol. The molecule has 3 nitrogen and oxygen atoms in total. The highest BCUT2D eigenvalue weighted by Crippen LogP contribution is 2.26. The highest BCUT2D eigenvalue weighted by Gasteiger charge is 2.23. The molecule has 0 aromatic rings. The number of hydrogen-bond donors (Lipinski definition) is 2. The molecule has 1 fully saturated rings. The molecule has 0 bridgehead atoms. The van der Waals surface area contributed by atoms with Crippen LogP contribution in [0.2, 0.25) is 0 Å². The molecule has 2 unspecified atom stereocenters. The van der Waals surface area contributed by atoms with Crippen molar-refractivity contribution in [2.24, 2.45) is 17.8 Å². The van der Waals surface area contributed by atoms with E-state index in [2.05, 4.69) is 55.9 Å². The predicted molar refractivity (Wildman–Crippen MR) is 126 cm³/mol. The Morgan fingerprint density at radius 3 is 2.41 bits per heavy atom. The van der Waals surface area contributed by atoms with Crippen LogP contribution in [0.5, 0.6) is 0 Å². The van der Waals surface area contributed by atoms with E-state index in [0.717, 1.165) is 44.5 Å². The van der Waals surface area contributed by atoms with Crippen molar-refractivity contribution in [2.75, 3.05) is 13.1 Å². The van der Waals surface area contributed by atoms with Gasteiger partial charge < -0.3 is 10.6 Å². The molecule has 0 saturated carbocycles. The quantitative estimate of drug-likeness (QED) is 0.339. The summed E-state index contributed by atoms with van der Waals surface area (Å²) in [5, 5.41) is 6.57. The summed E-state index contributed by atoms with van der Waals surface area (Å²) in [5.74, 6) is 0.686. The van der Waals surface area contributed by atoms with Crippen LogP contribution in [0.3, 0.4) is 0 Å². The smallest absolute Gasteiger partial charge is 0.227 e. The van der Waals surface area contributed by atoms with Crippen molar-refractivity contribution in [1.29, 1.82) is 0 Å². The zero-order valence-electron chi connectivity index (χ0n) is 18.8. The SMILES string of the molecule is C=CC=CC/C(=C\C)C(C)C(C)C(=O)NC(=C/C=C)/C=C(\CC)C1CCNCC1. The maximum atomic E-state index is 13.0. The summed E-state index contributed by atoms with van der Waals surface area (Å²) in [6.45, 7) is 18.0. The molecule has 0 radical (unpaired) electrons. The molecule has 1 saturated heterocycles. The lowest BCUT2D eigenvalue weighted by atomic mass is 9.85. The molecule has 0 spiro atoms. The van der Waals surface area contributed by atoms with Crippen LogP contribution >= 0.6 is 0 Å². The highest BCUT2D eigenvalue weighted by molar-refractivity contribution is 5.81. The van der Waals surface area contributed by atoms with Crippen LogP contribution in [-0.4, -0.2) is 19.0 Å². The molecule has 1 rings (SSSR count). The van der Waals surface area contributed by atoms with Crippen molar-refractivity contribution in [2.45, 2.75) is 53.4 Å². The molecule has 0 aromatic carbocycles. The van der Waals surface area contributed by atoms with E-state index in [-0.39, 0.29) is 17.7 Å². The van der Waals surface area contributed by atoms with E-state index >= 15 is 0 Å². The molecule has 1 aliphatic rings. The van der Waals surface area contributed by atoms with Gasteiger partial charge in [-0.2, -0.15) is 0 Å². The third-order valence-corrected chi connectivity index (χ3v) is 5.92. The van der Waals surface area contributed by atoms with E-state index in [4.69, 9.17) is 0 Å². The minimum atomic E-state index is -0.121. The molecular weight excluding hydrogens is 356 g/mol. The number of carbonyl (C=O) groups excluding carboxylic acids is 1. The summed E-state index contributed by atoms with van der Waals surface area (Å²) in [6, 6.07) is 0. The number of amides is 1. The Labute approximate surface area is 178 Å². The van der Waals surface area contributed by atoms with Gasteiger partial charge in [-0.1, -0.05) is 75.5 Å². The molecule has 2 N–H and O–H groups in total. The zero-order valence-corrected chi connectivity index (χ0v) is 18.8. The van der Waals surface area contributed by atoms with Gasteiger partial charge in [0, 0.05) is 11.6 Å². The largest absolute Gasteiger partial charge is 0.326 e. The van der Waals surface area contributed by atoms with Crippen LogP contribution in [0.25, 0.3) is 0 Å². The van der Waals surface area contributed by atoms with Gasteiger partial charge in [0.2, 0.25) is 5.91 Å². The average molecular weight is 397 g/mol. The molecule has 1 aliphatic heterocycles. The number of allylic oxidation sites excluding steroid dienone is 9. The van der Waals surface area contributed by atoms with Crippen molar-refractivity contribution >= 4 is 5.91 Å². The van der Waals surface area contributed by atoms with E-state index in [1.807, 2.05) is 26.0 Å². The Bertz CT molecular complexity index is 660.